The maximum atomic E-state index is 13.5. The molecular formula is C22H16BrN3O5S. The number of fused-ring (bicyclic) bond motifs is 1. The molecule has 0 amide bonds. The van der Waals surface area contributed by atoms with E-state index in [-0.39, 0.29) is 15.8 Å². The van der Waals surface area contributed by atoms with Crippen molar-refractivity contribution in [1.29, 1.82) is 0 Å². The first-order chi connectivity index (χ1) is 15.3. The van der Waals surface area contributed by atoms with E-state index in [0.29, 0.717) is 21.6 Å². The number of halogens is 1. The summed E-state index contributed by atoms with van der Waals surface area (Å²) in [7, 11) is 1.28. The number of carbonyl (C=O) groups excluding carboxylic acids is 1. The van der Waals surface area contributed by atoms with Gasteiger partial charge in [-0.15, -0.1) is 0 Å². The molecule has 0 radical (unpaired) electrons. The highest BCUT2D eigenvalue weighted by atomic mass is 79.9. The van der Waals surface area contributed by atoms with Crippen LogP contribution in [0, 0.1) is 10.1 Å². The van der Waals surface area contributed by atoms with Crippen LogP contribution in [0.4, 0.5) is 5.69 Å². The molecule has 1 aliphatic rings. The Kier molecular flexibility index (Phi) is 5.90. The van der Waals surface area contributed by atoms with Gasteiger partial charge >= 0.3 is 5.97 Å². The van der Waals surface area contributed by atoms with Crippen LogP contribution in [0.25, 0.3) is 6.08 Å². The summed E-state index contributed by atoms with van der Waals surface area (Å²) in [6.07, 6.45) is 1.48. The lowest BCUT2D eigenvalue weighted by molar-refractivity contribution is -0.385. The van der Waals surface area contributed by atoms with E-state index in [9.17, 15) is 19.7 Å². The predicted octanol–water partition coefficient (Wildman–Crippen LogP) is 3.08. The van der Waals surface area contributed by atoms with Gasteiger partial charge in [0.1, 0.15) is 0 Å². The zero-order valence-electron chi connectivity index (χ0n) is 16.9. The molecule has 1 unspecified atom stereocenters. The Morgan fingerprint density at radius 3 is 2.72 bits per heavy atom. The van der Waals surface area contributed by atoms with E-state index < -0.39 is 22.5 Å². The fraction of sp³-hybridized carbons (Fsp3) is 0.136. The molecule has 2 aromatic carbocycles. The van der Waals surface area contributed by atoms with E-state index >= 15 is 0 Å². The molecule has 10 heteroatoms. The molecule has 32 heavy (non-hydrogen) atoms. The summed E-state index contributed by atoms with van der Waals surface area (Å²) >= 11 is 4.55. The van der Waals surface area contributed by atoms with Gasteiger partial charge in [-0.2, -0.15) is 0 Å². The molecule has 4 rings (SSSR count). The molecule has 0 saturated heterocycles. The van der Waals surface area contributed by atoms with Crippen molar-refractivity contribution >= 4 is 45.0 Å². The average molecular weight is 514 g/mol. The predicted molar refractivity (Wildman–Crippen MR) is 123 cm³/mol. The molecule has 8 nitrogen and oxygen atoms in total. The maximum absolute atomic E-state index is 13.5. The van der Waals surface area contributed by atoms with Crippen molar-refractivity contribution < 1.29 is 14.5 Å². The standard InChI is InChI=1S/C22H16BrN3O5S/c1-12-18(21(28)31-2)19(14-7-5-8-15(23)10-14)25-20(27)17(32-22(25)24-12)11-13-6-3-4-9-16(13)26(29)30/h3-11,19H,1-2H3. The summed E-state index contributed by atoms with van der Waals surface area (Å²) in [6.45, 7) is 1.69. The van der Waals surface area contributed by atoms with Gasteiger partial charge in [0, 0.05) is 10.5 Å². The van der Waals surface area contributed by atoms with Crippen molar-refractivity contribution in [2.45, 2.75) is 13.0 Å². The Morgan fingerprint density at radius 1 is 1.28 bits per heavy atom. The van der Waals surface area contributed by atoms with Gasteiger partial charge in [-0.1, -0.05) is 51.5 Å². The lowest BCUT2D eigenvalue weighted by Crippen LogP contribution is -2.39. The molecule has 0 fully saturated rings. The highest BCUT2D eigenvalue weighted by Gasteiger charge is 2.33. The number of nitro groups is 1. The van der Waals surface area contributed by atoms with Gasteiger partial charge in [0.2, 0.25) is 0 Å². The van der Waals surface area contributed by atoms with Crippen molar-refractivity contribution in [3.8, 4) is 0 Å². The lowest BCUT2D eigenvalue weighted by atomic mass is 9.96. The largest absolute Gasteiger partial charge is 0.466 e. The Labute approximate surface area is 194 Å². The molecule has 1 aromatic heterocycles. The van der Waals surface area contributed by atoms with Crippen LogP contribution < -0.4 is 14.9 Å². The maximum Gasteiger partial charge on any atom is 0.338 e. The molecule has 162 valence electrons. The number of hydrogen-bond donors (Lipinski definition) is 0. The second kappa shape index (κ2) is 8.64. The van der Waals surface area contributed by atoms with Gasteiger partial charge in [-0.05, 0) is 36.8 Å². The molecule has 1 atom stereocenters. The van der Waals surface area contributed by atoms with Gasteiger partial charge < -0.3 is 4.74 Å². The quantitative estimate of drug-likeness (QED) is 0.303. The number of aromatic nitrogens is 1. The van der Waals surface area contributed by atoms with Crippen LogP contribution in [0.5, 0.6) is 0 Å². The Bertz CT molecular complexity index is 1470. The minimum absolute atomic E-state index is 0.103. The normalized spacial score (nSPS) is 15.8. The van der Waals surface area contributed by atoms with E-state index in [1.807, 2.05) is 24.3 Å². The van der Waals surface area contributed by atoms with E-state index in [1.54, 1.807) is 25.1 Å². The Morgan fingerprint density at radius 2 is 2.03 bits per heavy atom. The molecule has 0 aliphatic carbocycles. The van der Waals surface area contributed by atoms with Crippen LogP contribution in [0.1, 0.15) is 24.1 Å². The van der Waals surface area contributed by atoms with Gasteiger partial charge in [0.15, 0.2) is 4.80 Å². The van der Waals surface area contributed by atoms with E-state index in [2.05, 4.69) is 20.9 Å². The van der Waals surface area contributed by atoms with Crippen LogP contribution in [0.2, 0.25) is 0 Å². The van der Waals surface area contributed by atoms with E-state index in [4.69, 9.17) is 4.74 Å². The van der Waals surface area contributed by atoms with Gasteiger partial charge in [0.05, 0.1) is 39.4 Å². The van der Waals surface area contributed by atoms with Crippen LogP contribution >= 0.6 is 27.3 Å². The van der Waals surface area contributed by atoms with Crippen molar-refractivity contribution in [1.82, 2.24) is 4.57 Å². The zero-order valence-corrected chi connectivity index (χ0v) is 19.3. The number of ether oxygens (including phenoxy) is 1. The van der Waals surface area contributed by atoms with Crippen molar-refractivity contribution in [2.75, 3.05) is 7.11 Å². The number of para-hydroxylation sites is 1. The van der Waals surface area contributed by atoms with E-state index in [0.717, 1.165) is 15.8 Å². The lowest BCUT2D eigenvalue weighted by Gasteiger charge is -2.24. The number of hydrogen-bond acceptors (Lipinski definition) is 7. The molecule has 0 spiro atoms. The number of carbonyl (C=O) groups is 1. The second-order valence-electron chi connectivity index (χ2n) is 6.94. The zero-order chi connectivity index (χ0) is 23.0. The van der Waals surface area contributed by atoms with Crippen LogP contribution in [-0.2, 0) is 9.53 Å². The van der Waals surface area contributed by atoms with Gasteiger partial charge in [-0.3, -0.25) is 19.5 Å². The van der Waals surface area contributed by atoms with Gasteiger partial charge in [-0.25, -0.2) is 9.79 Å². The number of esters is 1. The first-order valence-electron chi connectivity index (χ1n) is 9.41. The number of nitrogens with zero attached hydrogens (tertiary/aromatic N) is 3. The minimum atomic E-state index is -0.746. The number of benzene rings is 2. The Hall–Kier alpha value is -3.37. The molecule has 0 N–H and O–H groups in total. The Balaban J connectivity index is 2.01. The van der Waals surface area contributed by atoms with Gasteiger partial charge in [0.25, 0.3) is 11.2 Å². The van der Waals surface area contributed by atoms with Crippen LogP contribution in [0.15, 0.2) is 74.1 Å². The number of nitro benzene ring substituents is 1. The number of rotatable bonds is 4. The number of allylic oxidation sites excluding steroid dienone is 1. The van der Waals surface area contributed by atoms with E-state index in [1.165, 1.54) is 23.8 Å². The number of methoxy groups -OCH3 is 1. The minimum Gasteiger partial charge on any atom is -0.466 e. The average Bonchev–Trinajstić information content (AvgIpc) is 3.07. The summed E-state index contributed by atoms with van der Waals surface area (Å²) in [5.41, 5.74) is 1.22. The monoisotopic (exact) mass is 513 g/mol. The molecule has 0 saturated carbocycles. The first-order valence-corrected chi connectivity index (χ1v) is 11.0. The summed E-state index contributed by atoms with van der Waals surface area (Å²) in [4.78, 5) is 41.8. The third-order valence-corrected chi connectivity index (χ3v) is 6.49. The second-order valence-corrected chi connectivity index (χ2v) is 8.87. The molecular weight excluding hydrogens is 498 g/mol. The fourth-order valence-electron chi connectivity index (χ4n) is 3.60. The summed E-state index contributed by atoms with van der Waals surface area (Å²) < 4.78 is 7.48. The molecule has 0 bridgehead atoms. The van der Waals surface area contributed by atoms with Crippen molar-refractivity contribution in [3.05, 3.63) is 105 Å². The molecule has 1 aliphatic heterocycles. The smallest absolute Gasteiger partial charge is 0.338 e. The van der Waals surface area contributed by atoms with Crippen molar-refractivity contribution in [2.24, 2.45) is 4.99 Å². The highest BCUT2D eigenvalue weighted by Crippen LogP contribution is 2.31. The summed E-state index contributed by atoms with van der Waals surface area (Å²) in [5, 5.41) is 11.4. The first kappa shape index (κ1) is 21.8. The SMILES string of the molecule is COC(=O)C1=C(C)N=c2sc(=Cc3ccccc3[N+](=O)[O-])c(=O)n2C1c1cccc(Br)c1. The fourth-order valence-corrected chi connectivity index (χ4v) is 5.06. The third kappa shape index (κ3) is 3.82. The molecule has 2 heterocycles. The van der Waals surface area contributed by atoms with Crippen LogP contribution in [-0.4, -0.2) is 22.6 Å². The highest BCUT2D eigenvalue weighted by molar-refractivity contribution is 9.10. The summed E-state index contributed by atoms with van der Waals surface area (Å²) in [5.74, 6) is -0.579. The number of thiazole rings is 1. The summed E-state index contributed by atoms with van der Waals surface area (Å²) in [6, 6.07) is 12.7. The topological polar surface area (TPSA) is 104 Å². The van der Waals surface area contributed by atoms with Crippen molar-refractivity contribution in [3.63, 3.8) is 0 Å². The third-order valence-electron chi connectivity index (χ3n) is 5.01. The molecule has 3 aromatic rings. The van der Waals surface area contributed by atoms with Crippen LogP contribution in [0.3, 0.4) is 0 Å².